The number of carbonyl (C=O) groups is 1. The van der Waals surface area contributed by atoms with Gasteiger partial charge in [-0.1, -0.05) is 25.0 Å². The minimum absolute atomic E-state index is 0.0219. The third-order valence-corrected chi connectivity index (χ3v) is 5.20. The monoisotopic (exact) mass is 373 g/mol. The van der Waals surface area contributed by atoms with Crippen molar-refractivity contribution in [3.8, 4) is 0 Å². The number of aliphatic hydroxyl groups excluding tert-OH is 1. The minimum atomic E-state index is -0.0219. The van der Waals surface area contributed by atoms with Crippen molar-refractivity contribution in [3.05, 3.63) is 32.9 Å². The first-order valence-corrected chi connectivity index (χ1v) is 7.90. The maximum atomic E-state index is 12.7. The van der Waals surface area contributed by atoms with E-state index in [9.17, 15) is 9.90 Å². The minimum Gasteiger partial charge on any atom is -0.394 e. The second kappa shape index (κ2) is 6.70. The Hall–Kier alpha value is -0.620. The highest BCUT2D eigenvalue weighted by Crippen LogP contribution is 2.23. The van der Waals surface area contributed by atoms with Crippen LogP contribution in [0.15, 0.2) is 18.2 Å². The molecule has 1 amide bonds. The summed E-state index contributed by atoms with van der Waals surface area (Å²) in [6.45, 7) is 2.84. The lowest BCUT2D eigenvalue weighted by molar-refractivity contribution is 0.0598. The molecule has 1 unspecified atom stereocenters. The molecular weight excluding hydrogens is 353 g/mol. The van der Waals surface area contributed by atoms with Crippen molar-refractivity contribution in [3.63, 3.8) is 0 Å². The van der Waals surface area contributed by atoms with Gasteiger partial charge in [0.15, 0.2) is 0 Å². The van der Waals surface area contributed by atoms with E-state index in [1.807, 2.05) is 30.0 Å². The van der Waals surface area contributed by atoms with E-state index in [1.165, 1.54) is 0 Å². The highest BCUT2D eigenvalue weighted by atomic mass is 127. The number of rotatable bonds is 2. The van der Waals surface area contributed by atoms with Crippen molar-refractivity contribution in [1.82, 2.24) is 4.90 Å². The quantitative estimate of drug-likeness (QED) is 0.810. The molecule has 104 valence electrons. The lowest BCUT2D eigenvalue weighted by Gasteiger charge is -2.29. The highest BCUT2D eigenvalue weighted by molar-refractivity contribution is 14.1. The van der Waals surface area contributed by atoms with Crippen LogP contribution < -0.4 is 0 Å². The van der Waals surface area contributed by atoms with Gasteiger partial charge in [-0.25, -0.2) is 0 Å². The summed E-state index contributed by atoms with van der Waals surface area (Å²) in [6.07, 6.45) is 4.18. The van der Waals surface area contributed by atoms with Gasteiger partial charge in [0.1, 0.15) is 0 Å². The first-order chi connectivity index (χ1) is 9.15. The molecule has 0 saturated carbocycles. The van der Waals surface area contributed by atoms with Gasteiger partial charge in [-0.3, -0.25) is 4.79 Å². The SMILES string of the molecule is Cc1cccc(C(=O)N2CCCCCC2CO)c1I. The maximum Gasteiger partial charge on any atom is 0.255 e. The van der Waals surface area contributed by atoms with Crippen LogP contribution in [0.3, 0.4) is 0 Å². The fraction of sp³-hybridized carbons (Fsp3) is 0.533. The molecule has 1 aliphatic rings. The number of hydrogen-bond acceptors (Lipinski definition) is 2. The Labute approximate surface area is 128 Å². The van der Waals surface area contributed by atoms with Gasteiger partial charge in [0.2, 0.25) is 0 Å². The summed E-state index contributed by atoms with van der Waals surface area (Å²) in [5, 5.41) is 9.51. The molecule has 3 nitrogen and oxygen atoms in total. The molecule has 1 aliphatic heterocycles. The van der Waals surface area contributed by atoms with Crippen molar-refractivity contribution in [2.75, 3.05) is 13.2 Å². The summed E-state index contributed by atoms with van der Waals surface area (Å²) in [5.41, 5.74) is 1.89. The fourth-order valence-electron chi connectivity index (χ4n) is 2.60. The predicted molar refractivity (Wildman–Crippen MR) is 84.3 cm³/mol. The Kier molecular flexibility index (Phi) is 5.21. The molecule has 0 bridgehead atoms. The van der Waals surface area contributed by atoms with Crippen molar-refractivity contribution in [2.45, 2.75) is 38.6 Å². The van der Waals surface area contributed by atoms with Gasteiger partial charge in [0, 0.05) is 10.1 Å². The maximum absolute atomic E-state index is 12.7. The van der Waals surface area contributed by atoms with Crippen molar-refractivity contribution in [1.29, 1.82) is 0 Å². The largest absolute Gasteiger partial charge is 0.394 e. The first-order valence-electron chi connectivity index (χ1n) is 6.82. The number of amides is 1. The molecule has 1 fully saturated rings. The molecule has 1 saturated heterocycles. The van der Waals surface area contributed by atoms with E-state index < -0.39 is 0 Å². The van der Waals surface area contributed by atoms with E-state index in [2.05, 4.69) is 22.6 Å². The molecule has 0 radical (unpaired) electrons. The average Bonchev–Trinajstić information content (AvgIpc) is 2.66. The van der Waals surface area contributed by atoms with Gasteiger partial charge in [-0.05, 0) is 54.0 Å². The number of carbonyl (C=O) groups excluding carboxylic acids is 1. The van der Waals surface area contributed by atoms with Crippen LogP contribution in [0.4, 0.5) is 0 Å². The lowest BCUT2D eigenvalue weighted by atomic mass is 10.1. The van der Waals surface area contributed by atoms with Crippen LogP contribution in [0.1, 0.15) is 41.6 Å². The molecule has 2 rings (SSSR count). The summed E-state index contributed by atoms with van der Waals surface area (Å²) in [4.78, 5) is 14.6. The molecule has 4 heteroatoms. The zero-order valence-corrected chi connectivity index (χ0v) is 13.4. The molecular formula is C15H20INO2. The Morgan fingerprint density at radius 2 is 2.21 bits per heavy atom. The van der Waals surface area contributed by atoms with Gasteiger partial charge >= 0.3 is 0 Å². The van der Waals surface area contributed by atoms with Crippen LogP contribution >= 0.6 is 22.6 Å². The van der Waals surface area contributed by atoms with Crippen LogP contribution in [0.25, 0.3) is 0 Å². The highest BCUT2D eigenvalue weighted by Gasteiger charge is 2.26. The Morgan fingerprint density at radius 1 is 1.42 bits per heavy atom. The van der Waals surface area contributed by atoms with Gasteiger partial charge in [-0.2, -0.15) is 0 Å². The Morgan fingerprint density at radius 3 is 2.95 bits per heavy atom. The second-order valence-corrected chi connectivity index (χ2v) is 6.20. The van der Waals surface area contributed by atoms with E-state index in [0.717, 1.165) is 46.9 Å². The molecule has 0 spiro atoms. The van der Waals surface area contributed by atoms with E-state index >= 15 is 0 Å². The second-order valence-electron chi connectivity index (χ2n) is 5.12. The summed E-state index contributed by atoms with van der Waals surface area (Å²) >= 11 is 2.24. The fourth-order valence-corrected chi connectivity index (χ4v) is 3.19. The number of likely N-dealkylation sites (tertiary alicyclic amines) is 1. The van der Waals surface area contributed by atoms with Crippen LogP contribution in [0, 0.1) is 10.5 Å². The van der Waals surface area contributed by atoms with Crippen molar-refractivity contribution < 1.29 is 9.90 Å². The zero-order valence-electron chi connectivity index (χ0n) is 11.2. The van der Waals surface area contributed by atoms with Crippen LogP contribution in [0.2, 0.25) is 0 Å². The molecule has 1 heterocycles. The standard InChI is InChI=1S/C15H20INO2/c1-11-6-5-8-13(14(11)16)15(19)17-9-4-2-3-7-12(17)10-18/h5-6,8,12,18H,2-4,7,9-10H2,1H3. The van der Waals surface area contributed by atoms with Gasteiger partial charge in [-0.15, -0.1) is 0 Å². The third kappa shape index (κ3) is 3.28. The van der Waals surface area contributed by atoms with Gasteiger partial charge < -0.3 is 10.0 Å². The molecule has 1 atom stereocenters. The van der Waals surface area contributed by atoms with E-state index in [4.69, 9.17) is 0 Å². The van der Waals surface area contributed by atoms with E-state index in [0.29, 0.717) is 0 Å². The third-order valence-electron chi connectivity index (χ3n) is 3.77. The first kappa shape index (κ1) is 14.8. The van der Waals surface area contributed by atoms with Gasteiger partial charge in [0.05, 0.1) is 18.2 Å². The summed E-state index contributed by atoms with van der Waals surface area (Å²) in [5.74, 6) is 0.0639. The van der Waals surface area contributed by atoms with Crippen molar-refractivity contribution in [2.24, 2.45) is 0 Å². The Balaban J connectivity index is 2.28. The summed E-state index contributed by atoms with van der Waals surface area (Å²) in [6, 6.07) is 5.81. The molecule has 1 aromatic carbocycles. The molecule has 1 N–H and O–H groups in total. The van der Waals surface area contributed by atoms with Crippen LogP contribution in [-0.2, 0) is 0 Å². The zero-order chi connectivity index (χ0) is 13.8. The number of benzene rings is 1. The smallest absolute Gasteiger partial charge is 0.255 e. The van der Waals surface area contributed by atoms with Gasteiger partial charge in [0.25, 0.3) is 5.91 Å². The number of nitrogens with zero attached hydrogens (tertiary/aromatic N) is 1. The lowest BCUT2D eigenvalue weighted by Crippen LogP contribution is -2.42. The number of halogens is 1. The summed E-state index contributed by atoms with van der Waals surface area (Å²) < 4.78 is 1.02. The topological polar surface area (TPSA) is 40.5 Å². The molecule has 0 aromatic heterocycles. The number of aryl methyl sites for hydroxylation is 1. The molecule has 19 heavy (non-hydrogen) atoms. The summed E-state index contributed by atoms with van der Waals surface area (Å²) in [7, 11) is 0. The average molecular weight is 373 g/mol. The number of aliphatic hydroxyl groups is 1. The van der Waals surface area contributed by atoms with Crippen LogP contribution in [-0.4, -0.2) is 35.1 Å². The van der Waals surface area contributed by atoms with Crippen LogP contribution in [0.5, 0.6) is 0 Å². The van der Waals surface area contributed by atoms with Crippen molar-refractivity contribution >= 4 is 28.5 Å². The van der Waals surface area contributed by atoms with E-state index in [1.54, 1.807) is 0 Å². The number of hydrogen-bond donors (Lipinski definition) is 1. The Bertz CT molecular complexity index is 461. The molecule has 0 aliphatic carbocycles. The predicted octanol–water partition coefficient (Wildman–Crippen LogP) is 2.98. The molecule has 1 aromatic rings. The van der Waals surface area contributed by atoms with E-state index in [-0.39, 0.29) is 18.6 Å². The normalized spacial score (nSPS) is 20.2.